The summed E-state index contributed by atoms with van der Waals surface area (Å²) >= 11 is 0. The molecule has 4 heteroatoms. The molecule has 0 aromatic heterocycles. The van der Waals surface area contributed by atoms with E-state index in [1.807, 2.05) is 32.9 Å². The molecule has 1 aliphatic carbocycles. The molecule has 0 saturated carbocycles. The van der Waals surface area contributed by atoms with Crippen molar-refractivity contribution >= 4 is 5.91 Å². The summed E-state index contributed by atoms with van der Waals surface area (Å²) < 4.78 is 11.4. The van der Waals surface area contributed by atoms with Crippen molar-refractivity contribution in [1.29, 1.82) is 0 Å². The van der Waals surface area contributed by atoms with E-state index in [0.717, 1.165) is 25.0 Å². The molecule has 0 heterocycles. The maximum atomic E-state index is 12.1. The number of carbonyl (C=O) groups is 1. The summed E-state index contributed by atoms with van der Waals surface area (Å²) in [5.41, 5.74) is 2.65. The number of aryl methyl sites for hydroxylation is 1. The van der Waals surface area contributed by atoms with E-state index in [0.29, 0.717) is 13.2 Å². The molecule has 0 radical (unpaired) electrons. The van der Waals surface area contributed by atoms with Crippen LogP contribution in [0.4, 0.5) is 0 Å². The van der Waals surface area contributed by atoms with Gasteiger partial charge in [0.05, 0.1) is 6.10 Å². The lowest BCUT2D eigenvalue weighted by Gasteiger charge is -2.22. The normalized spacial score (nSPS) is 15.1. The molecular weight excluding hydrogens is 290 g/mol. The minimum Gasteiger partial charge on any atom is -0.481 e. The highest BCUT2D eigenvalue weighted by Gasteiger charge is 2.19. The predicted octanol–water partition coefficient (Wildman–Crippen LogP) is 3.26. The molecule has 0 unspecified atom stereocenters. The van der Waals surface area contributed by atoms with Crippen molar-refractivity contribution < 1.29 is 14.3 Å². The van der Waals surface area contributed by atoms with Gasteiger partial charge in [-0.25, -0.2) is 0 Å². The molecule has 0 fully saturated rings. The summed E-state index contributed by atoms with van der Waals surface area (Å²) in [6.45, 7) is 7.11. The molecule has 1 N–H and O–H groups in total. The molecule has 1 aromatic rings. The second-order valence-electron chi connectivity index (χ2n) is 6.43. The van der Waals surface area contributed by atoms with Gasteiger partial charge in [-0.1, -0.05) is 12.1 Å². The number of hydrogen-bond donors (Lipinski definition) is 1. The van der Waals surface area contributed by atoms with Gasteiger partial charge in [-0.3, -0.25) is 4.79 Å². The quantitative estimate of drug-likeness (QED) is 0.748. The number of ether oxygens (including phenoxy) is 2. The molecule has 1 amide bonds. The van der Waals surface area contributed by atoms with Crippen LogP contribution in [0.15, 0.2) is 18.2 Å². The number of rotatable bonds is 8. The number of carbonyl (C=O) groups excluding carboxylic acids is 1. The van der Waals surface area contributed by atoms with Gasteiger partial charge < -0.3 is 14.8 Å². The Bertz CT molecular complexity index is 513. The van der Waals surface area contributed by atoms with Crippen LogP contribution in [-0.4, -0.2) is 31.3 Å². The van der Waals surface area contributed by atoms with Gasteiger partial charge in [0.15, 0.2) is 6.10 Å². The maximum absolute atomic E-state index is 12.1. The average Bonchev–Trinajstić information content (AvgIpc) is 2.54. The van der Waals surface area contributed by atoms with Crippen LogP contribution in [0, 0.1) is 0 Å². The fraction of sp³-hybridized carbons (Fsp3) is 0.632. The zero-order chi connectivity index (χ0) is 16.7. The van der Waals surface area contributed by atoms with Crippen LogP contribution in [0.1, 0.15) is 51.2 Å². The number of fused-ring (bicyclic) bond motifs is 1. The Morgan fingerprint density at radius 3 is 2.78 bits per heavy atom. The van der Waals surface area contributed by atoms with Crippen molar-refractivity contribution in [3.8, 4) is 5.75 Å². The van der Waals surface area contributed by atoms with Crippen molar-refractivity contribution in [2.24, 2.45) is 0 Å². The number of hydrogen-bond acceptors (Lipinski definition) is 3. The first-order valence-electron chi connectivity index (χ1n) is 8.74. The lowest BCUT2D eigenvalue weighted by atomic mass is 9.91. The Morgan fingerprint density at radius 1 is 1.22 bits per heavy atom. The molecule has 1 aromatic carbocycles. The SMILES string of the molecule is CC(C)OCCCNC(=O)[C@@H](C)Oc1cccc2c1CCCC2. The Labute approximate surface area is 139 Å². The lowest BCUT2D eigenvalue weighted by Crippen LogP contribution is -2.37. The van der Waals surface area contributed by atoms with Crippen molar-refractivity contribution in [3.05, 3.63) is 29.3 Å². The van der Waals surface area contributed by atoms with Gasteiger partial charge >= 0.3 is 0 Å². The molecular formula is C19H29NO3. The summed E-state index contributed by atoms with van der Waals surface area (Å²) in [4.78, 5) is 12.1. The third-order valence-corrected chi connectivity index (χ3v) is 4.10. The van der Waals surface area contributed by atoms with Gasteiger partial charge in [0.2, 0.25) is 0 Å². The van der Waals surface area contributed by atoms with Crippen LogP contribution < -0.4 is 10.1 Å². The molecule has 0 spiro atoms. The summed E-state index contributed by atoms with van der Waals surface area (Å²) in [6.07, 6.45) is 5.17. The van der Waals surface area contributed by atoms with Crippen LogP contribution in [0.5, 0.6) is 5.75 Å². The monoisotopic (exact) mass is 319 g/mol. The molecule has 1 aliphatic rings. The number of benzene rings is 1. The molecule has 0 bridgehead atoms. The third kappa shape index (κ3) is 5.54. The molecule has 128 valence electrons. The Hall–Kier alpha value is -1.55. The van der Waals surface area contributed by atoms with Crippen molar-refractivity contribution in [3.63, 3.8) is 0 Å². The largest absolute Gasteiger partial charge is 0.481 e. The highest BCUT2D eigenvalue weighted by molar-refractivity contribution is 5.80. The topological polar surface area (TPSA) is 47.6 Å². The van der Waals surface area contributed by atoms with Crippen LogP contribution in [0.3, 0.4) is 0 Å². The molecule has 1 atom stereocenters. The van der Waals surface area contributed by atoms with E-state index in [2.05, 4.69) is 11.4 Å². The average molecular weight is 319 g/mol. The van der Waals surface area contributed by atoms with Crippen molar-refractivity contribution in [2.75, 3.05) is 13.2 Å². The molecule has 0 saturated heterocycles. The van der Waals surface area contributed by atoms with E-state index in [9.17, 15) is 4.79 Å². The summed E-state index contributed by atoms with van der Waals surface area (Å²) in [5, 5.41) is 2.91. The van der Waals surface area contributed by atoms with Crippen molar-refractivity contribution in [1.82, 2.24) is 5.32 Å². The zero-order valence-corrected chi connectivity index (χ0v) is 14.6. The van der Waals surface area contributed by atoms with Gasteiger partial charge in [0, 0.05) is 13.2 Å². The van der Waals surface area contributed by atoms with E-state index < -0.39 is 6.10 Å². The predicted molar refractivity (Wildman–Crippen MR) is 91.9 cm³/mol. The highest BCUT2D eigenvalue weighted by atomic mass is 16.5. The van der Waals surface area contributed by atoms with E-state index >= 15 is 0 Å². The molecule has 23 heavy (non-hydrogen) atoms. The number of amides is 1. The van der Waals surface area contributed by atoms with Gasteiger partial charge in [-0.05, 0) is 70.1 Å². The zero-order valence-electron chi connectivity index (χ0n) is 14.6. The Balaban J connectivity index is 1.80. The standard InChI is InChI=1S/C19H29NO3/c1-14(2)22-13-7-12-20-19(21)15(3)23-18-11-6-9-16-8-4-5-10-17(16)18/h6,9,11,14-15H,4-5,7-8,10,12-13H2,1-3H3,(H,20,21)/t15-/m1/s1. The maximum Gasteiger partial charge on any atom is 0.260 e. The van der Waals surface area contributed by atoms with E-state index in [-0.39, 0.29) is 12.0 Å². The van der Waals surface area contributed by atoms with Gasteiger partial charge in [0.25, 0.3) is 5.91 Å². The lowest BCUT2D eigenvalue weighted by molar-refractivity contribution is -0.127. The van der Waals surface area contributed by atoms with Crippen LogP contribution >= 0.6 is 0 Å². The molecule has 0 aliphatic heterocycles. The Kier molecular flexibility index (Phi) is 6.90. The van der Waals surface area contributed by atoms with Gasteiger partial charge in [-0.15, -0.1) is 0 Å². The minimum atomic E-state index is -0.477. The smallest absolute Gasteiger partial charge is 0.260 e. The van der Waals surface area contributed by atoms with Gasteiger partial charge in [0.1, 0.15) is 5.75 Å². The molecule has 2 rings (SSSR count). The van der Waals surface area contributed by atoms with E-state index in [4.69, 9.17) is 9.47 Å². The first-order chi connectivity index (χ1) is 11.1. The fourth-order valence-electron chi connectivity index (χ4n) is 2.85. The Morgan fingerprint density at radius 2 is 2.00 bits per heavy atom. The number of nitrogens with one attached hydrogen (secondary N) is 1. The first-order valence-corrected chi connectivity index (χ1v) is 8.74. The van der Waals surface area contributed by atoms with Crippen molar-refractivity contribution in [2.45, 2.75) is 65.1 Å². The van der Waals surface area contributed by atoms with E-state index in [1.165, 1.54) is 24.0 Å². The second-order valence-corrected chi connectivity index (χ2v) is 6.43. The van der Waals surface area contributed by atoms with E-state index in [1.54, 1.807) is 0 Å². The first kappa shape index (κ1) is 17.8. The summed E-state index contributed by atoms with van der Waals surface area (Å²) in [6, 6.07) is 6.17. The third-order valence-electron chi connectivity index (χ3n) is 4.10. The fourth-order valence-corrected chi connectivity index (χ4v) is 2.85. The second kappa shape index (κ2) is 8.92. The van der Waals surface area contributed by atoms with Gasteiger partial charge in [-0.2, -0.15) is 0 Å². The highest BCUT2D eigenvalue weighted by Crippen LogP contribution is 2.30. The van der Waals surface area contributed by atoms with Crippen LogP contribution in [0.25, 0.3) is 0 Å². The summed E-state index contributed by atoms with van der Waals surface area (Å²) in [5.74, 6) is 0.802. The van der Waals surface area contributed by atoms with Crippen LogP contribution in [-0.2, 0) is 22.4 Å². The minimum absolute atomic E-state index is 0.0667. The van der Waals surface area contributed by atoms with Crippen LogP contribution in [0.2, 0.25) is 0 Å². The molecule has 4 nitrogen and oxygen atoms in total. The summed E-state index contributed by atoms with van der Waals surface area (Å²) in [7, 11) is 0.